The highest BCUT2D eigenvalue weighted by Gasteiger charge is 2.28. The summed E-state index contributed by atoms with van der Waals surface area (Å²) in [7, 11) is 0. The van der Waals surface area contributed by atoms with E-state index in [-0.39, 0.29) is 5.69 Å². The molecule has 0 atom stereocenters. The van der Waals surface area contributed by atoms with E-state index in [9.17, 15) is 10.1 Å². The van der Waals surface area contributed by atoms with E-state index in [0.29, 0.717) is 15.9 Å². The van der Waals surface area contributed by atoms with Crippen molar-refractivity contribution in [2.24, 2.45) is 0 Å². The zero-order chi connectivity index (χ0) is 11.3. The number of nitrogens with one attached hydrogen (secondary N) is 1. The van der Waals surface area contributed by atoms with Gasteiger partial charge < -0.3 is 4.98 Å². The third-order valence-electron chi connectivity index (χ3n) is 2.71. The molecule has 0 saturated heterocycles. The summed E-state index contributed by atoms with van der Waals surface area (Å²) in [5, 5.41) is 10.9. The summed E-state index contributed by atoms with van der Waals surface area (Å²) in [5.74, 6) is 1.34. The van der Waals surface area contributed by atoms with Gasteiger partial charge in [-0.15, -0.1) is 0 Å². The fourth-order valence-electron chi connectivity index (χ4n) is 1.77. The molecular formula is C10H8BrN3O2. The molecule has 1 heterocycles. The van der Waals surface area contributed by atoms with Gasteiger partial charge in [-0.25, -0.2) is 4.98 Å². The number of aromatic amines is 1. The van der Waals surface area contributed by atoms with Crippen molar-refractivity contribution in [3.8, 4) is 0 Å². The second kappa shape index (κ2) is 3.28. The van der Waals surface area contributed by atoms with Crippen LogP contribution in [0.3, 0.4) is 0 Å². The molecule has 3 rings (SSSR count). The van der Waals surface area contributed by atoms with Crippen LogP contribution in [0.5, 0.6) is 0 Å². The summed E-state index contributed by atoms with van der Waals surface area (Å²) < 4.78 is 0.692. The number of benzene rings is 1. The van der Waals surface area contributed by atoms with Gasteiger partial charge in [0.05, 0.1) is 10.4 Å². The number of hydrogen-bond donors (Lipinski definition) is 1. The first-order chi connectivity index (χ1) is 7.65. The number of non-ortho nitro benzene ring substituents is 1. The Balaban J connectivity index is 2.27. The first kappa shape index (κ1) is 9.77. The van der Waals surface area contributed by atoms with E-state index in [1.807, 2.05) is 6.07 Å². The fourth-order valence-corrected chi connectivity index (χ4v) is 2.22. The summed E-state index contributed by atoms with van der Waals surface area (Å²) in [6.45, 7) is 0. The minimum atomic E-state index is -0.398. The lowest BCUT2D eigenvalue weighted by atomic mass is 10.3. The standard InChI is InChI=1S/C10H8BrN3O2/c11-6-3-7-9(8(4-6)14(15)16)13-10(12-7)5-1-2-5/h3-5H,1-2H2,(H,12,13). The highest BCUT2D eigenvalue weighted by Crippen LogP contribution is 2.40. The Morgan fingerprint density at radius 3 is 2.88 bits per heavy atom. The highest BCUT2D eigenvalue weighted by molar-refractivity contribution is 9.10. The van der Waals surface area contributed by atoms with Crippen LogP contribution in [0.1, 0.15) is 24.6 Å². The second-order valence-electron chi connectivity index (χ2n) is 3.97. The Morgan fingerprint density at radius 1 is 1.50 bits per heavy atom. The smallest absolute Gasteiger partial charge is 0.298 e. The minimum absolute atomic E-state index is 0.0486. The Labute approximate surface area is 99.2 Å². The van der Waals surface area contributed by atoms with Crippen LogP contribution in [0.25, 0.3) is 11.0 Å². The van der Waals surface area contributed by atoms with Crippen LogP contribution in [0.2, 0.25) is 0 Å². The van der Waals surface area contributed by atoms with Crippen molar-refractivity contribution in [1.82, 2.24) is 9.97 Å². The van der Waals surface area contributed by atoms with E-state index in [1.165, 1.54) is 6.07 Å². The molecule has 1 aromatic carbocycles. The minimum Gasteiger partial charge on any atom is -0.341 e. The Hall–Kier alpha value is -1.43. The molecule has 82 valence electrons. The van der Waals surface area contributed by atoms with Gasteiger partial charge in [0.2, 0.25) is 0 Å². The lowest BCUT2D eigenvalue weighted by molar-refractivity contribution is -0.383. The van der Waals surface area contributed by atoms with E-state index < -0.39 is 4.92 Å². The predicted molar refractivity (Wildman–Crippen MR) is 62.4 cm³/mol. The van der Waals surface area contributed by atoms with Crippen molar-refractivity contribution in [2.75, 3.05) is 0 Å². The Morgan fingerprint density at radius 2 is 2.25 bits per heavy atom. The van der Waals surface area contributed by atoms with E-state index in [0.717, 1.165) is 24.2 Å². The van der Waals surface area contributed by atoms with Crippen LogP contribution < -0.4 is 0 Å². The lowest BCUT2D eigenvalue weighted by Gasteiger charge is -1.93. The Bertz CT molecular complexity index is 589. The van der Waals surface area contributed by atoms with Gasteiger partial charge in [-0.3, -0.25) is 10.1 Å². The maximum absolute atomic E-state index is 10.9. The monoisotopic (exact) mass is 281 g/mol. The average molecular weight is 282 g/mol. The van der Waals surface area contributed by atoms with Crippen LogP contribution in [0, 0.1) is 10.1 Å². The molecular weight excluding hydrogens is 274 g/mol. The van der Waals surface area contributed by atoms with E-state index in [4.69, 9.17) is 0 Å². The number of rotatable bonds is 2. The molecule has 0 spiro atoms. The molecule has 6 heteroatoms. The first-order valence-corrected chi connectivity index (χ1v) is 5.78. The number of fused-ring (bicyclic) bond motifs is 1. The van der Waals surface area contributed by atoms with Crippen LogP contribution >= 0.6 is 15.9 Å². The molecule has 0 unspecified atom stereocenters. The molecule has 5 nitrogen and oxygen atoms in total. The van der Waals surface area contributed by atoms with Crippen LogP contribution in [-0.2, 0) is 0 Å². The number of imidazole rings is 1. The quantitative estimate of drug-likeness (QED) is 0.679. The summed E-state index contributed by atoms with van der Waals surface area (Å²) in [6, 6.07) is 3.31. The second-order valence-corrected chi connectivity index (χ2v) is 4.89. The van der Waals surface area contributed by atoms with Gasteiger partial charge in [-0.1, -0.05) is 15.9 Å². The molecule has 2 aromatic rings. The number of aromatic nitrogens is 2. The van der Waals surface area contributed by atoms with E-state index in [1.54, 1.807) is 0 Å². The van der Waals surface area contributed by atoms with Gasteiger partial charge in [0.1, 0.15) is 5.82 Å². The summed E-state index contributed by atoms with van der Waals surface area (Å²) >= 11 is 3.26. The molecule has 1 saturated carbocycles. The zero-order valence-electron chi connectivity index (χ0n) is 8.24. The van der Waals surface area contributed by atoms with Crippen molar-refractivity contribution in [3.63, 3.8) is 0 Å². The SMILES string of the molecule is O=[N+]([O-])c1cc(Br)cc2[nH]c(C3CC3)nc12. The fraction of sp³-hybridized carbons (Fsp3) is 0.300. The summed E-state index contributed by atoms with van der Waals surface area (Å²) in [4.78, 5) is 18.0. The average Bonchev–Trinajstić information content (AvgIpc) is 2.98. The maximum atomic E-state index is 10.9. The number of hydrogen-bond acceptors (Lipinski definition) is 3. The van der Waals surface area contributed by atoms with Crippen molar-refractivity contribution >= 4 is 32.7 Å². The number of nitrogens with zero attached hydrogens (tertiary/aromatic N) is 2. The number of H-pyrrole nitrogens is 1. The van der Waals surface area contributed by atoms with Crippen molar-refractivity contribution in [2.45, 2.75) is 18.8 Å². The van der Waals surface area contributed by atoms with Crippen LogP contribution in [-0.4, -0.2) is 14.9 Å². The van der Waals surface area contributed by atoms with Crippen LogP contribution in [0.15, 0.2) is 16.6 Å². The predicted octanol–water partition coefficient (Wildman–Crippen LogP) is 3.11. The van der Waals surface area contributed by atoms with Gasteiger partial charge in [0.15, 0.2) is 5.52 Å². The number of nitro groups is 1. The van der Waals surface area contributed by atoms with Crippen molar-refractivity contribution in [3.05, 3.63) is 32.5 Å². The van der Waals surface area contributed by atoms with E-state index in [2.05, 4.69) is 25.9 Å². The normalized spacial score (nSPS) is 15.6. The molecule has 16 heavy (non-hydrogen) atoms. The van der Waals surface area contributed by atoms with Gasteiger partial charge in [-0.2, -0.15) is 0 Å². The van der Waals surface area contributed by atoms with Gasteiger partial charge in [0, 0.05) is 16.5 Å². The topological polar surface area (TPSA) is 71.8 Å². The Kier molecular flexibility index (Phi) is 2.00. The third-order valence-corrected chi connectivity index (χ3v) is 3.17. The lowest BCUT2D eigenvalue weighted by Crippen LogP contribution is -1.89. The highest BCUT2D eigenvalue weighted by atomic mass is 79.9. The largest absolute Gasteiger partial charge is 0.341 e. The van der Waals surface area contributed by atoms with Gasteiger partial charge in [-0.05, 0) is 18.9 Å². The molecule has 0 radical (unpaired) electrons. The van der Waals surface area contributed by atoms with Crippen molar-refractivity contribution < 1.29 is 4.92 Å². The number of halogens is 1. The molecule has 1 aliphatic carbocycles. The summed E-state index contributed by atoms with van der Waals surface area (Å²) in [6.07, 6.45) is 2.24. The zero-order valence-corrected chi connectivity index (χ0v) is 9.82. The summed E-state index contributed by atoms with van der Waals surface area (Å²) in [5.41, 5.74) is 1.23. The van der Waals surface area contributed by atoms with E-state index >= 15 is 0 Å². The molecule has 0 amide bonds. The van der Waals surface area contributed by atoms with Gasteiger partial charge in [0.25, 0.3) is 5.69 Å². The van der Waals surface area contributed by atoms with Crippen molar-refractivity contribution in [1.29, 1.82) is 0 Å². The molecule has 1 fully saturated rings. The molecule has 1 N–H and O–H groups in total. The maximum Gasteiger partial charge on any atom is 0.298 e. The van der Waals surface area contributed by atoms with Crippen LogP contribution in [0.4, 0.5) is 5.69 Å². The third kappa shape index (κ3) is 1.49. The molecule has 0 bridgehead atoms. The first-order valence-electron chi connectivity index (χ1n) is 4.98. The number of nitro benzene ring substituents is 1. The molecule has 0 aliphatic heterocycles. The van der Waals surface area contributed by atoms with Gasteiger partial charge >= 0.3 is 0 Å². The molecule has 1 aliphatic rings. The molecule has 1 aromatic heterocycles.